The molecule has 0 spiro atoms. The van der Waals surface area contributed by atoms with Crippen molar-refractivity contribution in [2.24, 2.45) is 7.05 Å². The van der Waals surface area contributed by atoms with E-state index in [0.29, 0.717) is 6.54 Å². The maximum absolute atomic E-state index is 11.6. The summed E-state index contributed by atoms with van der Waals surface area (Å²) in [5, 5.41) is 8.76. The van der Waals surface area contributed by atoms with Gasteiger partial charge in [0.2, 0.25) is 0 Å². The Balaban J connectivity index is 0.000000243. The first kappa shape index (κ1) is 20.0. The number of rotatable bonds is 3. The van der Waals surface area contributed by atoms with Crippen LogP contribution in [0.25, 0.3) is 0 Å². The van der Waals surface area contributed by atoms with Crippen LogP contribution in [0.15, 0.2) is 40.0 Å². The average molecular weight is 354 g/mol. The number of aromatic nitrogens is 2. The molecule has 1 aromatic heterocycles. The third-order valence-electron chi connectivity index (χ3n) is 3.52. The van der Waals surface area contributed by atoms with E-state index >= 15 is 0 Å². The lowest BCUT2D eigenvalue weighted by atomic mass is 10.2. The fraction of sp³-hybridized carbons (Fsp3) is 0.375. The smallest absolute Gasteiger partial charge is 0.498 e. The Kier molecular flexibility index (Phi) is 6.82. The summed E-state index contributed by atoms with van der Waals surface area (Å²) in [6.07, 6.45) is 0. The highest BCUT2D eigenvalue weighted by Gasteiger charge is 2.12. The molecule has 0 bridgehead atoms. The molecule has 2 aromatic rings. The summed E-state index contributed by atoms with van der Waals surface area (Å²) in [4.78, 5) is 11.4. The van der Waals surface area contributed by atoms with E-state index in [4.69, 9.17) is 5.11 Å². The summed E-state index contributed by atoms with van der Waals surface area (Å²) >= 11 is 0. The van der Waals surface area contributed by atoms with E-state index in [0.717, 1.165) is 17.0 Å². The largest absolute Gasteiger partial charge is 0.744 e. The van der Waals surface area contributed by atoms with Crippen LogP contribution in [0, 0.1) is 20.8 Å². The Morgan fingerprint density at radius 1 is 1.17 bits per heavy atom. The molecule has 1 aromatic carbocycles. The molecule has 0 saturated heterocycles. The molecule has 1 heterocycles. The summed E-state index contributed by atoms with van der Waals surface area (Å²) in [6.45, 7) is 5.92. The minimum absolute atomic E-state index is 0.0101. The summed E-state index contributed by atoms with van der Waals surface area (Å²) < 4.78 is 34.3. The fourth-order valence-electron chi connectivity index (χ4n) is 2.04. The van der Waals surface area contributed by atoms with E-state index in [1.807, 2.05) is 26.8 Å². The van der Waals surface area contributed by atoms with Crippen molar-refractivity contribution in [1.29, 1.82) is 0 Å². The van der Waals surface area contributed by atoms with Crippen LogP contribution in [0.5, 0.6) is 0 Å². The van der Waals surface area contributed by atoms with Gasteiger partial charge in [0.25, 0.3) is 0 Å². The van der Waals surface area contributed by atoms with Crippen molar-refractivity contribution in [1.82, 2.24) is 4.57 Å². The van der Waals surface area contributed by atoms with E-state index in [9.17, 15) is 17.8 Å². The number of aryl methyl sites for hydroxylation is 3. The molecule has 0 radical (unpaired) electrons. The molecule has 0 aliphatic rings. The quantitative estimate of drug-likeness (QED) is 0.626. The van der Waals surface area contributed by atoms with Gasteiger partial charge in [-0.1, -0.05) is 17.7 Å². The van der Waals surface area contributed by atoms with Crippen molar-refractivity contribution in [2.45, 2.75) is 32.2 Å². The van der Waals surface area contributed by atoms with Gasteiger partial charge >= 0.3 is 5.69 Å². The lowest BCUT2D eigenvalue weighted by molar-refractivity contribution is -0.697. The first-order valence-corrected chi connectivity index (χ1v) is 8.69. The molecular formula is C16H22N2O5S. The fourth-order valence-corrected chi connectivity index (χ4v) is 2.51. The maximum atomic E-state index is 11.6. The topological polar surface area (TPSA) is 103 Å². The molecule has 2 rings (SSSR count). The first-order chi connectivity index (χ1) is 11.1. The summed E-state index contributed by atoms with van der Waals surface area (Å²) in [6, 6.07) is 7.71. The van der Waals surface area contributed by atoms with Crippen molar-refractivity contribution < 1.29 is 22.6 Å². The molecule has 24 heavy (non-hydrogen) atoms. The van der Waals surface area contributed by atoms with Crippen LogP contribution in [0.1, 0.15) is 17.0 Å². The van der Waals surface area contributed by atoms with Gasteiger partial charge in [-0.05, 0) is 32.9 Å². The molecule has 0 saturated carbocycles. The SMILES string of the molecule is Cc1cc(C)[n+](C)c(=O)n1CCO.Cc1ccc(S(=O)(=O)[O-])cc1. The number of hydrogen-bond acceptors (Lipinski definition) is 5. The van der Waals surface area contributed by atoms with Gasteiger partial charge in [-0.25, -0.2) is 8.42 Å². The van der Waals surface area contributed by atoms with Gasteiger partial charge in [-0.3, -0.25) is 0 Å². The van der Waals surface area contributed by atoms with Crippen molar-refractivity contribution in [2.75, 3.05) is 6.61 Å². The van der Waals surface area contributed by atoms with Gasteiger partial charge in [-0.2, -0.15) is 13.9 Å². The van der Waals surface area contributed by atoms with E-state index in [-0.39, 0.29) is 17.2 Å². The Morgan fingerprint density at radius 3 is 2.17 bits per heavy atom. The highest BCUT2D eigenvalue weighted by atomic mass is 32.2. The Labute approximate surface area is 141 Å². The van der Waals surface area contributed by atoms with E-state index in [1.165, 1.54) is 12.1 Å². The standard InChI is InChI=1S/C9H15N2O2.C7H8O3S/c1-7-6-8(2)11(4-5-12)9(13)10(7)3;1-6-2-4-7(5-3-6)11(8,9)10/h6,12H,4-5H2,1-3H3;2-5H,1H3,(H,8,9,10)/q+1;/p-1. The zero-order valence-electron chi connectivity index (χ0n) is 14.2. The number of nitrogens with zero attached hydrogens (tertiary/aromatic N) is 2. The normalized spacial score (nSPS) is 10.9. The summed E-state index contributed by atoms with van der Waals surface area (Å²) in [5.74, 6) is 0. The van der Waals surface area contributed by atoms with Gasteiger partial charge in [0, 0.05) is 6.07 Å². The maximum Gasteiger partial charge on any atom is 0.498 e. The van der Waals surface area contributed by atoms with Crippen LogP contribution < -0.4 is 10.3 Å². The Hall–Kier alpha value is -2.03. The van der Waals surface area contributed by atoms with E-state index in [1.54, 1.807) is 28.3 Å². The van der Waals surface area contributed by atoms with E-state index < -0.39 is 10.1 Å². The molecule has 0 unspecified atom stereocenters. The van der Waals surface area contributed by atoms with Crippen LogP contribution in [-0.4, -0.2) is 29.3 Å². The number of hydrogen-bond donors (Lipinski definition) is 1. The molecule has 0 aliphatic heterocycles. The zero-order chi connectivity index (χ0) is 18.5. The van der Waals surface area contributed by atoms with Crippen LogP contribution in [0.4, 0.5) is 0 Å². The molecular weight excluding hydrogens is 332 g/mol. The summed E-state index contributed by atoms with van der Waals surface area (Å²) in [7, 11) is -2.54. The minimum Gasteiger partial charge on any atom is -0.744 e. The predicted octanol–water partition coefficient (Wildman–Crippen LogP) is 0.181. The van der Waals surface area contributed by atoms with Crippen molar-refractivity contribution >= 4 is 10.1 Å². The summed E-state index contributed by atoms with van der Waals surface area (Å²) in [5.41, 5.74) is 2.66. The number of aliphatic hydroxyl groups is 1. The molecule has 7 nitrogen and oxygen atoms in total. The highest BCUT2D eigenvalue weighted by Crippen LogP contribution is 2.08. The number of aliphatic hydroxyl groups excluding tert-OH is 1. The molecule has 0 fully saturated rings. The monoisotopic (exact) mass is 354 g/mol. The lowest BCUT2D eigenvalue weighted by Crippen LogP contribution is -2.54. The zero-order valence-corrected chi connectivity index (χ0v) is 15.0. The van der Waals surface area contributed by atoms with Crippen molar-refractivity contribution in [3.8, 4) is 0 Å². The van der Waals surface area contributed by atoms with Gasteiger partial charge < -0.3 is 9.66 Å². The van der Waals surface area contributed by atoms with Gasteiger partial charge in [-0.15, -0.1) is 0 Å². The third-order valence-corrected chi connectivity index (χ3v) is 4.37. The molecule has 1 N–H and O–H groups in total. The highest BCUT2D eigenvalue weighted by molar-refractivity contribution is 7.85. The van der Waals surface area contributed by atoms with Crippen molar-refractivity contribution in [3.63, 3.8) is 0 Å². The Bertz CT molecular complexity index is 855. The predicted molar refractivity (Wildman–Crippen MR) is 87.6 cm³/mol. The van der Waals surface area contributed by atoms with Crippen molar-refractivity contribution in [3.05, 3.63) is 57.8 Å². The van der Waals surface area contributed by atoms with E-state index in [2.05, 4.69) is 0 Å². The average Bonchev–Trinajstić information content (AvgIpc) is 2.50. The first-order valence-electron chi connectivity index (χ1n) is 7.28. The second kappa shape index (κ2) is 8.18. The van der Waals surface area contributed by atoms with Crippen LogP contribution in [-0.2, 0) is 23.7 Å². The van der Waals surface area contributed by atoms with Gasteiger partial charge in [0.1, 0.15) is 28.1 Å². The second-order valence-electron chi connectivity index (χ2n) is 5.41. The van der Waals surface area contributed by atoms with Crippen LogP contribution in [0.2, 0.25) is 0 Å². The van der Waals surface area contributed by atoms with Gasteiger partial charge in [0.05, 0.1) is 18.6 Å². The lowest BCUT2D eigenvalue weighted by Gasteiger charge is -2.05. The molecule has 132 valence electrons. The molecule has 0 aliphatic carbocycles. The van der Waals surface area contributed by atoms with Crippen LogP contribution >= 0.6 is 0 Å². The number of benzene rings is 1. The third kappa shape index (κ3) is 5.26. The van der Waals surface area contributed by atoms with Gasteiger partial charge in [0.15, 0.2) is 0 Å². The van der Waals surface area contributed by atoms with Crippen LogP contribution in [0.3, 0.4) is 0 Å². The Morgan fingerprint density at radius 2 is 1.71 bits per heavy atom. The second-order valence-corrected chi connectivity index (χ2v) is 6.79. The molecule has 0 amide bonds. The molecule has 0 atom stereocenters. The minimum atomic E-state index is -4.27. The molecule has 8 heteroatoms.